The lowest BCUT2D eigenvalue weighted by molar-refractivity contribution is 0.126. The van der Waals surface area contributed by atoms with Crippen LogP contribution in [-0.2, 0) is 22.9 Å². The zero-order chi connectivity index (χ0) is 9.73. The molecule has 0 unspecified atom stereocenters. The van der Waals surface area contributed by atoms with Crippen molar-refractivity contribution in [2.24, 2.45) is 0 Å². The minimum Gasteiger partial charge on any atom is -0.496 e. The van der Waals surface area contributed by atoms with Crippen molar-refractivity contribution in [3.05, 3.63) is 12.3 Å². The van der Waals surface area contributed by atoms with Crippen LogP contribution < -0.4 is 0 Å². The molecule has 6 heteroatoms. The van der Waals surface area contributed by atoms with Gasteiger partial charge in [0.2, 0.25) is 0 Å². The van der Waals surface area contributed by atoms with Crippen LogP contribution in [0.5, 0.6) is 0 Å². The highest BCUT2D eigenvalue weighted by molar-refractivity contribution is 7.48. The van der Waals surface area contributed by atoms with E-state index in [2.05, 4.69) is 6.58 Å². The molecule has 0 aromatic rings. The van der Waals surface area contributed by atoms with Gasteiger partial charge in [-0.05, 0) is 6.92 Å². The topological polar surface area (TPSA) is 54.0 Å². The Hall–Kier alpha value is -0.350. The van der Waals surface area contributed by atoms with Crippen molar-refractivity contribution in [2.45, 2.75) is 6.92 Å². The lowest BCUT2D eigenvalue weighted by Gasteiger charge is -2.09. The van der Waals surface area contributed by atoms with Crippen molar-refractivity contribution in [3.63, 3.8) is 0 Å². The van der Waals surface area contributed by atoms with E-state index >= 15 is 0 Å². The molecule has 0 amide bonds. The third kappa shape index (κ3) is 3.91. The van der Waals surface area contributed by atoms with Crippen LogP contribution in [0, 0.1) is 0 Å². The normalized spacial score (nSPS) is 20.1. The van der Waals surface area contributed by atoms with E-state index in [4.69, 9.17) is 18.3 Å². The number of phosphoric acid groups is 1. The molecule has 13 heavy (non-hydrogen) atoms. The minimum atomic E-state index is -3.24. The molecule has 0 aliphatic carbocycles. The Morgan fingerprint density at radius 2 is 2.08 bits per heavy atom. The van der Waals surface area contributed by atoms with E-state index in [1.165, 1.54) is 0 Å². The van der Waals surface area contributed by atoms with Crippen molar-refractivity contribution in [3.8, 4) is 0 Å². The van der Waals surface area contributed by atoms with Crippen molar-refractivity contribution < 1.29 is 22.9 Å². The first kappa shape index (κ1) is 10.7. The summed E-state index contributed by atoms with van der Waals surface area (Å²) < 4.78 is 30.8. The zero-order valence-electron chi connectivity index (χ0n) is 7.52. The average Bonchev–Trinajstić information content (AvgIpc) is 2.47. The van der Waals surface area contributed by atoms with Crippen molar-refractivity contribution in [2.75, 3.05) is 26.4 Å². The molecule has 1 rings (SSSR count). The molecule has 1 aliphatic heterocycles. The van der Waals surface area contributed by atoms with Crippen LogP contribution in [0.25, 0.3) is 0 Å². The first-order chi connectivity index (χ1) is 6.12. The maximum absolute atomic E-state index is 11.3. The Morgan fingerprint density at radius 3 is 2.62 bits per heavy atom. The Labute approximate surface area is 77.2 Å². The number of allylic oxidation sites excluding steroid dienone is 1. The van der Waals surface area contributed by atoms with Crippen molar-refractivity contribution in [1.82, 2.24) is 0 Å². The second-order valence-corrected chi connectivity index (χ2v) is 4.17. The highest BCUT2D eigenvalue weighted by Crippen LogP contribution is 2.52. The van der Waals surface area contributed by atoms with Crippen LogP contribution >= 0.6 is 7.82 Å². The minimum absolute atomic E-state index is 0.171. The third-order valence-corrected chi connectivity index (χ3v) is 2.76. The van der Waals surface area contributed by atoms with Gasteiger partial charge in [0.25, 0.3) is 0 Å². The van der Waals surface area contributed by atoms with E-state index < -0.39 is 7.82 Å². The van der Waals surface area contributed by atoms with Crippen LogP contribution in [0.2, 0.25) is 0 Å². The van der Waals surface area contributed by atoms with E-state index in [0.717, 1.165) is 0 Å². The summed E-state index contributed by atoms with van der Waals surface area (Å²) in [6.45, 7) is 6.36. The SMILES string of the molecule is C=C(C)OCCOP1(=O)OCCO1. The monoisotopic (exact) mass is 208 g/mol. The summed E-state index contributed by atoms with van der Waals surface area (Å²) in [5, 5.41) is 0. The number of phosphoric ester groups is 1. The molecule has 0 aromatic heterocycles. The fourth-order valence-electron chi connectivity index (χ4n) is 0.775. The standard InChI is InChI=1S/C7H13O5P/c1-7(2)9-3-4-10-13(8)11-5-6-12-13/h1,3-6H2,2H3. The van der Waals surface area contributed by atoms with Crippen LogP contribution in [-0.4, -0.2) is 26.4 Å². The van der Waals surface area contributed by atoms with E-state index in [-0.39, 0.29) is 6.61 Å². The predicted molar refractivity (Wildman–Crippen MR) is 46.2 cm³/mol. The molecule has 1 aliphatic rings. The highest BCUT2D eigenvalue weighted by atomic mass is 31.2. The summed E-state index contributed by atoms with van der Waals surface area (Å²) >= 11 is 0. The molecule has 0 saturated carbocycles. The highest BCUT2D eigenvalue weighted by Gasteiger charge is 2.31. The molecule has 1 saturated heterocycles. The second-order valence-electron chi connectivity index (χ2n) is 2.50. The molecule has 0 spiro atoms. The molecule has 0 aromatic carbocycles. The van der Waals surface area contributed by atoms with Gasteiger partial charge in [0.05, 0.1) is 25.6 Å². The van der Waals surface area contributed by atoms with E-state index in [0.29, 0.717) is 25.6 Å². The van der Waals surface area contributed by atoms with Gasteiger partial charge in [-0.25, -0.2) is 4.57 Å². The largest absolute Gasteiger partial charge is 0.496 e. The number of rotatable bonds is 5. The van der Waals surface area contributed by atoms with Crippen LogP contribution in [0.4, 0.5) is 0 Å². The molecule has 1 heterocycles. The average molecular weight is 208 g/mol. The van der Waals surface area contributed by atoms with Crippen molar-refractivity contribution >= 4 is 7.82 Å². The zero-order valence-corrected chi connectivity index (χ0v) is 8.42. The lowest BCUT2D eigenvalue weighted by atomic mass is 10.6. The van der Waals surface area contributed by atoms with Gasteiger partial charge in [-0.1, -0.05) is 6.58 Å². The van der Waals surface area contributed by atoms with Gasteiger partial charge in [-0.2, -0.15) is 0 Å². The molecule has 0 N–H and O–H groups in total. The maximum Gasteiger partial charge on any atom is 0.475 e. The summed E-state index contributed by atoms with van der Waals surface area (Å²) in [5.41, 5.74) is 0. The first-order valence-electron chi connectivity index (χ1n) is 3.94. The van der Waals surface area contributed by atoms with Gasteiger partial charge in [0, 0.05) is 0 Å². The van der Waals surface area contributed by atoms with Gasteiger partial charge >= 0.3 is 7.82 Å². The number of hydrogen-bond donors (Lipinski definition) is 0. The van der Waals surface area contributed by atoms with Crippen LogP contribution in [0.3, 0.4) is 0 Å². The predicted octanol–water partition coefficient (Wildman–Crippen LogP) is 1.71. The smallest absolute Gasteiger partial charge is 0.475 e. The third-order valence-electron chi connectivity index (χ3n) is 1.26. The molecule has 0 radical (unpaired) electrons. The summed E-state index contributed by atoms with van der Waals surface area (Å²) in [6.07, 6.45) is 0. The van der Waals surface area contributed by atoms with Crippen LogP contribution in [0.15, 0.2) is 12.3 Å². The maximum atomic E-state index is 11.3. The lowest BCUT2D eigenvalue weighted by Crippen LogP contribution is -2.01. The first-order valence-corrected chi connectivity index (χ1v) is 5.40. The molecular weight excluding hydrogens is 195 g/mol. The summed E-state index contributed by atoms with van der Waals surface area (Å²) in [5.74, 6) is 0.593. The van der Waals surface area contributed by atoms with Gasteiger partial charge < -0.3 is 4.74 Å². The Bertz CT molecular complexity index is 217. The summed E-state index contributed by atoms with van der Waals surface area (Å²) in [4.78, 5) is 0. The summed E-state index contributed by atoms with van der Waals surface area (Å²) in [6, 6.07) is 0. The quantitative estimate of drug-likeness (QED) is 0.391. The number of ether oxygens (including phenoxy) is 1. The van der Waals surface area contributed by atoms with Gasteiger partial charge in [-0.15, -0.1) is 0 Å². The molecule has 0 atom stereocenters. The van der Waals surface area contributed by atoms with Gasteiger partial charge in [0.1, 0.15) is 6.61 Å². The van der Waals surface area contributed by atoms with E-state index in [1.807, 2.05) is 0 Å². The van der Waals surface area contributed by atoms with E-state index in [1.54, 1.807) is 6.92 Å². The number of hydrogen-bond acceptors (Lipinski definition) is 5. The van der Waals surface area contributed by atoms with E-state index in [9.17, 15) is 4.57 Å². The summed E-state index contributed by atoms with van der Waals surface area (Å²) in [7, 11) is -3.24. The second kappa shape index (κ2) is 4.77. The molecule has 76 valence electrons. The fraction of sp³-hybridized carbons (Fsp3) is 0.714. The van der Waals surface area contributed by atoms with Gasteiger partial charge in [-0.3, -0.25) is 13.6 Å². The molecular formula is C7H13O5P. The van der Waals surface area contributed by atoms with Crippen molar-refractivity contribution in [1.29, 1.82) is 0 Å². The fourth-order valence-corrected chi connectivity index (χ4v) is 1.89. The molecule has 1 fully saturated rings. The van der Waals surface area contributed by atoms with Crippen LogP contribution in [0.1, 0.15) is 6.92 Å². The van der Waals surface area contributed by atoms with Gasteiger partial charge in [0.15, 0.2) is 0 Å². The Balaban J connectivity index is 2.11. The Kier molecular flexibility index (Phi) is 3.93. The Morgan fingerprint density at radius 1 is 1.46 bits per heavy atom. The molecule has 5 nitrogen and oxygen atoms in total. The molecule has 0 bridgehead atoms.